The molecule has 1 saturated heterocycles. The number of nitrogens with zero attached hydrogens (tertiary/aromatic N) is 3. The molecule has 142 valence electrons. The van der Waals surface area contributed by atoms with Gasteiger partial charge in [-0.25, -0.2) is 9.97 Å². The molecular weight excluding hydrogens is 350 g/mol. The summed E-state index contributed by atoms with van der Waals surface area (Å²) in [7, 11) is 0. The van der Waals surface area contributed by atoms with Crippen molar-refractivity contribution in [2.24, 2.45) is 5.73 Å². The van der Waals surface area contributed by atoms with Crippen molar-refractivity contribution in [3.05, 3.63) is 59.9 Å². The molecule has 3 aromatic rings. The molecule has 0 spiro atoms. The first-order valence-electron chi connectivity index (χ1n) is 9.36. The van der Waals surface area contributed by atoms with Gasteiger partial charge in [0.2, 0.25) is 0 Å². The molecule has 0 saturated carbocycles. The largest absolute Gasteiger partial charge is 0.390 e. The summed E-state index contributed by atoms with van der Waals surface area (Å²) >= 11 is 0. The number of piperidine rings is 1. The number of aliphatic hydroxyl groups excluding tert-OH is 1. The summed E-state index contributed by atoms with van der Waals surface area (Å²) in [6, 6.07) is 13.6. The van der Waals surface area contributed by atoms with Crippen molar-refractivity contribution in [1.82, 2.24) is 14.9 Å². The topological polar surface area (TPSA) is 87.3 Å². The number of likely N-dealkylation sites (tertiary alicyclic amines) is 1. The van der Waals surface area contributed by atoms with Crippen molar-refractivity contribution in [2.45, 2.75) is 25.1 Å². The van der Waals surface area contributed by atoms with Crippen LogP contribution < -0.4 is 11.1 Å². The maximum Gasteiger partial charge on any atom is 0.142 e. The zero-order valence-corrected chi connectivity index (χ0v) is 15.5. The van der Waals surface area contributed by atoms with Gasteiger partial charge in [-0.2, -0.15) is 0 Å². The van der Waals surface area contributed by atoms with Crippen molar-refractivity contribution in [3.8, 4) is 12.3 Å². The van der Waals surface area contributed by atoms with E-state index in [-0.39, 0.29) is 6.04 Å². The van der Waals surface area contributed by atoms with Gasteiger partial charge in [-0.3, -0.25) is 4.90 Å². The highest BCUT2D eigenvalue weighted by Crippen LogP contribution is 2.28. The number of nitrogens with one attached hydrogen (secondary N) is 1. The van der Waals surface area contributed by atoms with Crippen LogP contribution in [0.25, 0.3) is 10.9 Å². The first kappa shape index (κ1) is 18.4. The van der Waals surface area contributed by atoms with Gasteiger partial charge in [0.1, 0.15) is 12.1 Å². The second-order valence-corrected chi connectivity index (χ2v) is 7.14. The lowest BCUT2D eigenvalue weighted by Gasteiger charge is -2.34. The SMILES string of the molecule is C#Cc1cccc(Nc2ncnc3cccc(CN4CC[C@@H](N)[C@H](O)C4)c23)c1. The van der Waals surface area contributed by atoms with Crippen LogP contribution in [0.4, 0.5) is 11.5 Å². The van der Waals surface area contributed by atoms with Crippen LogP contribution in [0.15, 0.2) is 48.8 Å². The van der Waals surface area contributed by atoms with E-state index in [0.29, 0.717) is 13.1 Å². The standard InChI is InChI=1S/C22H23N5O/c1-2-15-5-3-7-17(11-15)26-22-21-16(6-4-8-19(21)24-14-25-22)12-27-10-9-18(23)20(28)13-27/h1,3-8,11,14,18,20,28H,9-10,12-13,23H2,(H,24,25,26)/t18-,20-/m1/s1. The summed E-state index contributed by atoms with van der Waals surface area (Å²) in [6.07, 6.45) is 7.36. The van der Waals surface area contributed by atoms with Crippen LogP contribution in [-0.4, -0.2) is 45.2 Å². The molecule has 1 aliphatic heterocycles. The van der Waals surface area contributed by atoms with E-state index in [2.05, 4.69) is 32.2 Å². The molecule has 2 heterocycles. The van der Waals surface area contributed by atoms with E-state index < -0.39 is 6.10 Å². The minimum absolute atomic E-state index is 0.146. The van der Waals surface area contributed by atoms with Crippen molar-refractivity contribution in [2.75, 3.05) is 18.4 Å². The second kappa shape index (κ2) is 7.95. The van der Waals surface area contributed by atoms with Gasteiger partial charge in [0.15, 0.2) is 0 Å². The molecule has 2 atom stereocenters. The van der Waals surface area contributed by atoms with Gasteiger partial charge in [0.05, 0.1) is 11.6 Å². The number of β-amino-alcohol motifs (C(OH)–C–C–N with tert-alkyl or cyclic N) is 1. The number of benzene rings is 2. The Morgan fingerprint density at radius 1 is 1.25 bits per heavy atom. The summed E-state index contributed by atoms with van der Waals surface area (Å²) in [5.41, 5.74) is 9.60. The Morgan fingerprint density at radius 2 is 2.11 bits per heavy atom. The Hall–Kier alpha value is -2.98. The Morgan fingerprint density at radius 3 is 2.93 bits per heavy atom. The van der Waals surface area contributed by atoms with E-state index in [1.807, 2.05) is 36.4 Å². The molecule has 1 aliphatic rings. The van der Waals surface area contributed by atoms with E-state index in [9.17, 15) is 5.11 Å². The number of rotatable bonds is 4. The third-order valence-electron chi connectivity index (χ3n) is 5.15. The van der Waals surface area contributed by atoms with E-state index in [0.717, 1.165) is 46.5 Å². The zero-order chi connectivity index (χ0) is 19.5. The first-order chi connectivity index (χ1) is 13.6. The van der Waals surface area contributed by atoms with Gasteiger partial charge in [0.25, 0.3) is 0 Å². The number of terminal acetylenes is 1. The van der Waals surface area contributed by atoms with Gasteiger partial charge in [-0.1, -0.05) is 24.1 Å². The Balaban J connectivity index is 1.67. The van der Waals surface area contributed by atoms with Gasteiger partial charge >= 0.3 is 0 Å². The average molecular weight is 373 g/mol. The third kappa shape index (κ3) is 3.82. The van der Waals surface area contributed by atoms with Crippen LogP contribution >= 0.6 is 0 Å². The molecule has 1 fully saturated rings. The second-order valence-electron chi connectivity index (χ2n) is 7.14. The maximum atomic E-state index is 10.1. The zero-order valence-electron chi connectivity index (χ0n) is 15.5. The number of nitrogens with two attached hydrogens (primary N) is 1. The van der Waals surface area contributed by atoms with Crippen LogP contribution in [0.1, 0.15) is 17.5 Å². The van der Waals surface area contributed by atoms with E-state index >= 15 is 0 Å². The van der Waals surface area contributed by atoms with Crippen molar-refractivity contribution >= 4 is 22.4 Å². The third-order valence-corrected chi connectivity index (χ3v) is 5.15. The smallest absolute Gasteiger partial charge is 0.142 e. The molecule has 0 radical (unpaired) electrons. The average Bonchev–Trinajstić information content (AvgIpc) is 2.71. The molecule has 0 unspecified atom stereocenters. The fourth-order valence-electron chi connectivity index (χ4n) is 3.63. The number of hydrogen-bond donors (Lipinski definition) is 3. The number of anilines is 2. The number of fused-ring (bicyclic) bond motifs is 1. The lowest BCUT2D eigenvalue weighted by atomic mass is 10.0. The predicted molar refractivity (Wildman–Crippen MR) is 111 cm³/mol. The highest BCUT2D eigenvalue weighted by atomic mass is 16.3. The summed E-state index contributed by atoms with van der Waals surface area (Å²) in [5, 5.41) is 14.5. The van der Waals surface area contributed by atoms with Crippen molar-refractivity contribution in [1.29, 1.82) is 0 Å². The number of aromatic nitrogens is 2. The van der Waals surface area contributed by atoms with Crippen LogP contribution in [0, 0.1) is 12.3 Å². The lowest BCUT2D eigenvalue weighted by Crippen LogP contribution is -2.50. The van der Waals surface area contributed by atoms with Crippen LogP contribution in [0.5, 0.6) is 0 Å². The monoisotopic (exact) mass is 373 g/mol. The molecule has 6 heteroatoms. The summed E-state index contributed by atoms with van der Waals surface area (Å²) in [4.78, 5) is 11.1. The van der Waals surface area contributed by atoms with Crippen LogP contribution in [0.2, 0.25) is 0 Å². The molecule has 4 rings (SSSR count). The number of hydrogen-bond acceptors (Lipinski definition) is 6. The molecule has 4 N–H and O–H groups in total. The lowest BCUT2D eigenvalue weighted by molar-refractivity contribution is 0.0501. The molecule has 6 nitrogen and oxygen atoms in total. The quantitative estimate of drug-likeness (QED) is 0.608. The van der Waals surface area contributed by atoms with Crippen molar-refractivity contribution < 1.29 is 5.11 Å². The van der Waals surface area contributed by atoms with Gasteiger partial charge in [-0.05, 0) is 36.2 Å². The maximum absolute atomic E-state index is 10.1. The summed E-state index contributed by atoms with van der Waals surface area (Å²) < 4.78 is 0. The molecule has 28 heavy (non-hydrogen) atoms. The fourth-order valence-corrected chi connectivity index (χ4v) is 3.63. The molecule has 2 aromatic carbocycles. The van der Waals surface area contributed by atoms with Gasteiger partial charge < -0.3 is 16.2 Å². The molecule has 0 bridgehead atoms. The minimum atomic E-state index is -0.496. The molecular formula is C22H23N5O. The summed E-state index contributed by atoms with van der Waals surface area (Å²) in [6.45, 7) is 2.13. The van der Waals surface area contributed by atoms with E-state index in [4.69, 9.17) is 12.2 Å². The molecule has 0 aliphatic carbocycles. The van der Waals surface area contributed by atoms with Gasteiger partial charge in [-0.15, -0.1) is 6.42 Å². The Labute approximate surface area is 164 Å². The minimum Gasteiger partial charge on any atom is -0.390 e. The van der Waals surface area contributed by atoms with Crippen LogP contribution in [-0.2, 0) is 6.54 Å². The molecule has 1 aromatic heterocycles. The van der Waals surface area contributed by atoms with Crippen LogP contribution in [0.3, 0.4) is 0 Å². The predicted octanol–water partition coefficient (Wildman–Crippen LogP) is 2.25. The Kier molecular flexibility index (Phi) is 5.22. The van der Waals surface area contributed by atoms with E-state index in [1.165, 1.54) is 0 Å². The first-order valence-corrected chi connectivity index (χ1v) is 9.36. The highest BCUT2D eigenvalue weighted by molar-refractivity contribution is 5.93. The fraction of sp³-hybridized carbons (Fsp3) is 0.273. The highest BCUT2D eigenvalue weighted by Gasteiger charge is 2.25. The van der Waals surface area contributed by atoms with Crippen molar-refractivity contribution in [3.63, 3.8) is 0 Å². The van der Waals surface area contributed by atoms with Gasteiger partial charge in [0, 0.05) is 42.3 Å². The normalized spacial score (nSPS) is 20.0. The number of aliphatic hydroxyl groups is 1. The molecule has 0 amide bonds. The van der Waals surface area contributed by atoms with E-state index in [1.54, 1.807) is 6.33 Å². The Bertz CT molecular complexity index is 1020. The summed E-state index contributed by atoms with van der Waals surface area (Å²) in [5.74, 6) is 3.39.